The highest BCUT2D eigenvalue weighted by Crippen LogP contribution is 2.27. The van der Waals surface area contributed by atoms with Crippen LogP contribution in [0.3, 0.4) is 0 Å². The maximum atomic E-state index is 13.9. The molecule has 3 rings (SSSR count). The summed E-state index contributed by atoms with van der Waals surface area (Å²) in [6, 6.07) is 6.42. The van der Waals surface area contributed by atoms with E-state index in [-0.39, 0.29) is 23.7 Å². The third kappa shape index (κ3) is 3.52. The van der Waals surface area contributed by atoms with Crippen molar-refractivity contribution in [3.8, 4) is 0 Å². The Morgan fingerprint density at radius 3 is 2.36 bits per heavy atom. The molecular formula is C17H16F2N4O2. The monoisotopic (exact) mass is 346 g/mol. The summed E-state index contributed by atoms with van der Waals surface area (Å²) in [4.78, 5) is 24.7. The number of benzene rings is 2. The highest BCUT2D eigenvalue weighted by atomic mass is 19.1. The highest BCUT2D eigenvalue weighted by molar-refractivity contribution is 6.02. The molecule has 130 valence electrons. The number of hydrogen-bond donors (Lipinski definition) is 3. The van der Waals surface area contributed by atoms with Crippen molar-refractivity contribution in [1.29, 1.82) is 0 Å². The summed E-state index contributed by atoms with van der Waals surface area (Å²) in [5, 5.41) is 7.64. The molecule has 3 N–H and O–H groups in total. The second kappa shape index (κ2) is 6.39. The summed E-state index contributed by atoms with van der Waals surface area (Å²) in [5.74, 6) is -1.66. The zero-order chi connectivity index (χ0) is 18.1. The van der Waals surface area contributed by atoms with Gasteiger partial charge in [0.05, 0.1) is 6.42 Å². The van der Waals surface area contributed by atoms with Crippen molar-refractivity contribution in [1.82, 2.24) is 0 Å². The predicted octanol–water partition coefficient (Wildman–Crippen LogP) is 3.17. The molecule has 0 spiro atoms. The van der Waals surface area contributed by atoms with Gasteiger partial charge in [-0.25, -0.2) is 13.6 Å². The van der Waals surface area contributed by atoms with Gasteiger partial charge in [-0.15, -0.1) is 0 Å². The first-order valence-corrected chi connectivity index (χ1v) is 7.50. The van der Waals surface area contributed by atoms with Crippen LogP contribution >= 0.6 is 0 Å². The van der Waals surface area contributed by atoms with Gasteiger partial charge in [-0.05, 0) is 35.9 Å². The molecule has 0 fully saturated rings. The Labute approximate surface area is 142 Å². The standard InChI is InChI=1S/C17H16F2N4O2/c1-23(2)16-12(18)7-11(8-13(16)19)21-17(25)20-10-3-4-14-9(5-10)6-15(24)22-14/h3-5,7-8H,6H2,1-2H3,(H,22,24)(H2,20,21,25). The van der Waals surface area contributed by atoms with E-state index in [1.54, 1.807) is 18.2 Å². The summed E-state index contributed by atoms with van der Waals surface area (Å²) >= 11 is 0. The Morgan fingerprint density at radius 2 is 1.72 bits per heavy atom. The Hall–Kier alpha value is -3.16. The van der Waals surface area contributed by atoms with Gasteiger partial charge in [0, 0.05) is 31.2 Å². The molecule has 0 saturated heterocycles. The zero-order valence-electron chi connectivity index (χ0n) is 13.6. The van der Waals surface area contributed by atoms with Crippen molar-refractivity contribution in [2.24, 2.45) is 0 Å². The van der Waals surface area contributed by atoms with Gasteiger partial charge in [0.15, 0.2) is 11.6 Å². The molecule has 2 aromatic rings. The minimum atomic E-state index is -0.776. The zero-order valence-corrected chi connectivity index (χ0v) is 13.6. The first-order valence-electron chi connectivity index (χ1n) is 7.50. The molecule has 6 nitrogen and oxygen atoms in total. The summed E-state index contributed by atoms with van der Waals surface area (Å²) in [5.41, 5.74) is 1.77. The third-order valence-corrected chi connectivity index (χ3v) is 3.71. The first kappa shape index (κ1) is 16.7. The van der Waals surface area contributed by atoms with Crippen LogP contribution in [0.4, 0.5) is 36.3 Å². The Morgan fingerprint density at radius 1 is 1.08 bits per heavy atom. The minimum absolute atomic E-state index is 0.00361. The Bertz CT molecular complexity index is 845. The molecule has 1 aliphatic heterocycles. The van der Waals surface area contributed by atoms with Crippen molar-refractivity contribution < 1.29 is 18.4 Å². The van der Waals surface area contributed by atoms with Crippen molar-refractivity contribution in [2.75, 3.05) is 34.9 Å². The molecule has 1 aliphatic rings. The van der Waals surface area contributed by atoms with Crippen LogP contribution in [0.15, 0.2) is 30.3 Å². The number of anilines is 4. The molecule has 2 aromatic carbocycles. The largest absolute Gasteiger partial charge is 0.373 e. The van der Waals surface area contributed by atoms with E-state index in [1.807, 2.05) is 0 Å². The number of halogens is 2. The van der Waals surface area contributed by atoms with Crippen molar-refractivity contribution in [3.63, 3.8) is 0 Å². The van der Waals surface area contributed by atoms with E-state index >= 15 is 0 Å². The molecule has 8 heteroatoms. The van der Waals surface area contributed by atoms with Gasteiger partial charge in [-0.1, -0.05) is 0 Å². The molecule has 0 aliphatic carbocycles. The van der Waals surface area contributed by atoms with Crippen LogP contribution < -0.4 is 20.9 Å². The van der Waals surface area contributed by atoms with E-state index in [4.69, 9.17) is 0 Å². The van der Waals surface area contributed by atoms with Crippen molar-refractivity contribution in [2.45, 2.75) is 6.42 Å². The van der Waals surface area contributed by atoms with E-state index in [9.17, 15) is 18.4 Å². The first-order chi connectivity index (χ1) is 11.8. The number of carbonyl (C=O) groups excluding carboxylic acids is 2. The van der Waals surface area contributed by atoms with Crippen LogP contribution in [0.5, 0.6) is 0 Å². The molecule has 0 atom stereocenters. The van der Waals surface area contributed by atoms with Gasteiger partial charge >= 0.3 is 6.03 Å². The maximum absolute atomic E-state index is 13.9. The maximum Gasteiger partial charge on any atom is 0.323 e. The predicted molar refractivity (Wildman–Crippen MR) is 92.1 cm³/mol. The lowest BCUT2D eigenvalue weighted by molar-refractivity contribution is -0.115. The second-order valence-electron chi connectivity index (χ2n) is 5.86. The van der Waals surface area contributed by atoms with Crippen LogP contribution in [0, 0.1) is 11.6 Å². The van der Waals surface area contributed by atoms with Crippen LogP contribution in [0.2, 0.25) is 0 Å². The quantitative estimate of drug-likeness (QED) is 0.799. The summed E-state index contributed by atoms with van der Waals surface area (Å²) in [7, 11) is 3.05. The third-order valence-electron chi connectivity index (χ3n) is 3.71. The number of nitrogens with zero attached hydrogens (tertiary/aromatic N) is 1. The number of hydrogen-bond acceptors (Lipinski definition) is 3. The van der Waals surface area contributed by atoms with Gasteiger partial charge in [-0.2, -0.15) is 0 Å². The van der Waals surface area contributed by atoms with Crippen molar-refractivity contribution >= 4 is 34.7 Å². The summed E-state index contributed by atoms with van der Waals surface area (Å²) < 4.78 is 27.9. The molecule has 0 aromatic heterocycles. The molecule has 0 unspecified atom stereocenters. The van der Waals surface area contributed by atoms with Gasteiger partial charge < -0.3 is 20.9 Å². The lowest BCUT2D eigenvalue weighted by Crippen LogP contribution is -2.20. The van der Waals surface area contributed by atoms with Gasteiger partial charge in [0.2, 0.25) is 5.91 Å². The lowest BCUT2D eigenvalue weighted by atomic mass is 10.1. The molecule has 3 amide bonds. The summed E-state index contributed by atoms with van der Waals surface area (Å²) in [6.07, 6.45) is 0.245. The fraction of sp³-hybridized carbons (Fsp3) is 0.176. The van der Waals surface area contributed by atoms with Crippen LogP contribution in [-0.2, 0) is 11.2 Å². The van der Waals surface area contributed by atoms with Gasteiger partial charge in [-0.3, -0.25) is 4.79 Å². The number of urea groups is 1. The van der Waals surface area contributed by atoms with Gasteiger partial charge in [0.25, 0.3) is 0 Å². The number of amides is 3. The van der Waals surface area contributed by atoms with Crippen LogP contribution in [0.1, 0.15) is 5.56 Å². The lowest BCUT2D eigenvalue weighted by Gasteiger charge is -2.16. The fourth-order valence-electron chi connectivity index (χ4n) is 2.67. The van der Waals surface area contributed by atoms with E-state index in [0.29, 0.717) is 11.4 Å². The van der Waals surface area contributed by atoms with E-state index < -0.39 is 17.7 Å². The topological polar surface area (TPSA) is 73.5 Å². The molecular weight excluding hydrogens is 330 g/mol. The molecule has 0 saturated carbocycles. The van der Waals surface area contributed by atoms with Gasteiger partial charge in [0.1, 0.15) is 5.69 Å². The highest BCUT2D eigenvalue weighted by Gasteiger charge is 2.18. The minimum Gasteiger partial charge on any atom is -0.373 e. The molecule has 1 heterocycles. The smallest absolute Gasteiger partial charge is 0.323 e. The van der Waals surface area contributed by atoms with E-state index in [2.05, 4.69) is 16.0 Å². The number of carbonyl (C=O) groups is 2. The number of nitrogens with one attached hydrogen (secondary N) is 3. The molecule has 25 heavy (non-hydrogen) atoms. The van der Waals surface area contributed by atoms with Crippen molar-refractivity contribution in [3.05, 3.63) is 47.5 Å². The number of fused-ring (bicyclic) bond motifs is 1. The summed E-state index contributed by atoms with van der Waals surface area (Å²) in [6.45, 7) is 0. The molecule has 0 bridgehead atoms. The molecule has 0 radical (unpaired) electrons. The second-order valence-corrected chi connectivity index (χ2v) is 5.86. The number of rotatable bonds is 3. The normalized spacial score (nSPS) is 12.4. The van der Waals surface area contributed by atoms with E-state index in [1.165, 1.54) is 19.0 Å². The van der Waals surface area contributed by atoms with Crippen LogP contribution in [0.25, 0.3) is 0 Å². The SMILES string of the molecule is CN(C)c1c(F)cc(NC(=O)Nc2ccc3c(c2)CC(=O)N3)cc1F. The average Bonchev–Trinajstić information content (AvgIpc) is 2.85. The Balaban J connectivity index is 1.71. The Kier molecular flexibility index (Phi) is 4.26. The average molecular weight is 346 g/mol. The van der Waals surface area contributed by atoms with E-state index in [0.717, 1.165) is 17.7 Å². The fourth-order valence-corrected chi connectivity index (χ4v) is 2.67. The van der Waals surface area contributed by atoms with Crippen LogP contribution in [-0.4, -0.2) is 26.0 Å².